The van der Waals surface area contributed by atoms with Gasteiger partial charge in [-0.05, 0) is 49.9 Å². The number of rotatable bonds is 4. The van der Waals surface area contributed by atoms with E-state index in [0.29, 0.717) is 12.3 Å². The van der Waals surface area contributed by atoms with Gasteiger partial charge in [0.2, 0.25) is 11.8 Å². The van der Waals surface area contributed by atoms with Gasteiger partial charge in [-0.15, -0.1) is 0 Å². The highest BCUT2D eigenvalue weighted by Crippen LogP contribution is 2.49. The number of carbonyl (C=O) groups excluding carboxylic acids is 2. The van der Waals surface area contributed by atoms with Gasteiger partial charge in [0.1, 0.15) is 0 Å². The second-order valence-corrected chi connectivity index (χ2v) is 6.50. The average molecular weight is 264 g/mol. The SMILES string of the molecule is O=C(CC1CC2CCC1C2)NCC(=O)N1CCCC1. The van der Waals surface area contributed by atoms with Crippen LogP contribution >= 0.6 is 0 Å². The summed E-state index contributed by atoms with van der Waals surface area (Å²) in [6.45, 7) is 1.92. The van der Waals surface area contributed by atoms with E-state index in [0.717, 1.165) is 37.8 Å². The van der Waals surface area contributed by atoms with Crippen molar-refractivity contribution in [2.75, 3.05) is 19.6 Å². The van der Waals surface area contributed by atoms with Gasteiger partial charge >= 0.3 is 0 Å². The molecule has 2 bridgehead atoms. The third kappa shape index (κ3) is 2.93. The van der Waals surface area contributed by atoms with Crippen LogP contribution in [0.1, 0.15) is 44.9 Å². The second-order valence-electron chi connectivity index (χ2n) is 6.50. The average Bonchev–Trinajstić information content (AvgIpc) is 3.12. The highest BCUT2D eigenvalue weighted by atomic mass is 16.2. The minimum atomic E-state index is 0.0742. The van der Waals surface area contributed by atoms with Crippen LogP contribution in [0.15, 0.2) is 0 Å². The van der Waals surface area contributed by atoms with Crippen molar-refractivity contribution in [3.8, 4) is 0 Å². The van der Waals surface area contributed by atoms with Crippen LogP contribution < -0.4 is 5.32 Å². The lowest BCUT2D eigenvalue weighted by Gasteiger charge is -2.21. The number of hydrogen-bond donors (Lipinski definition) is 1. The summed E-state index contributed by atoms with van der Waals surface area (Å²) >= 11 is 0. The maximum Gasteiger partial charge on any atom is 0.241 e. The summed E-state index contributed by atoms with van der Waals surface area (Å²) in [7, 11) is 0. The zero-order valence-corrected chi connectivity index (χ0v) is 11.6. The molecule has 3 fully saturated rings. The molecule has 1 N–H and O–H groups in total. The van der Waals surface area contributed by atoms with Crippen LogP contribution in [-0.2, 0) is 9.59 Å². The Balaban J connectivity index is 1.38. The molecule has 2 aliphatic carbocycles. The number of amides is 2. The molecule has 19 heavy (non-hydrogen) atoms. The monoisotopic (exact) mass is 264 g/mol. The minimum absolute atomic E-state index is 0.0742. The van der Waals surface area contributed by atoms with E-state index in [2.05, 4.69) is 5.32 Å². The molecule has 0 aromatic rings. The number of nitrogens with zero attached hydrogens (tertiary/aromatic N) is 1. The topological polar surface area (TPSA) is 49.4 Å². The first-order valence-electron chi connectivity index (χ1n) is 7.77. The summed E-state index contributed by atoms with van der Waals surface area (Å²) < 4.78 is 0. The smallest absolute Gasteiger partial charge is 0.241 e. The first-order valence-corrected chi connectivity index (χ1v) is 7.77. The van der Waals surface area contributed by atoms with Crippen molar-refractivity contribution < 1.29 is 9.59 Å². The largest absolute Gasteiger partial charge is 0.347 e. The van der Waals surface area contributed by atoms with Crippen molar-refractivity contribution in [2.24, 2.45) is 17.8 Å². The maximum absolute atomic E-state index is 11.9. The minimum Gasteiger partial charge on any atom is -0.347 e. The van der Waals surface area contributed by atoms with Crippen molar-refractivity contribution in [1.82, 2.24) is 10.2 Å². The van der Waals surface area contributed by atoms with Crippen LogP contribution in [0.5, 0.6) is 0 Å². The molecule has 3 rings (SSSR count). The molecule has 1 aliphatic heterocycles. The normalized spacial score (nSPS) is 32.8. The molecule has 1 saturated heterocycles. The molecule has 0 aromatic heterocycles. The molecule has 1 heterocycles. The fourth-order valence-electron chi connectivity index (χ4n) is 4.19. The van der Waals surface area contributed by atoms with Crippen LogP contribution in [0.4, 0.5) is 0 Å². The van der Waals surface area contributed by atoms with Crippen LogP contribution in [0.3, 0.4) is 0 Å². The first kappa shape index (κ1) is 12.9. The molecule has 2 saturated carbocycles. The van der Waals surface area contributed by atoms with E-state index in [1.54, 1.807) is 0 Å². The van der Waals surface area contributed by atoms with Gasteiger partial charge in [0, 0.05) is 19.5 Å². The van der Waals surface area contributed by atoms with Crippen molar-refractivity contribution in [2.45, 2.75) is 44.9 Å². The zero-order valence-electron chi connectivity index (χ0n) is 11.6. The van der Waals surface area contributed by atoms with Gasteiger partial charge < -0.3 is 10.2 Å². The van der Waals surface area contributed by atoms with Gasteiger partial charge in [-0.2, -0.15) is 0 Å². The van der Waals surface area contributed by atoms with Crippen LogP contribution in [-0.4, -0.2) is 36.3 Å². The fourth-order valence-corrected chi connectivity index (χ4v) is 4.19. The van der Waals surface area contributed by atoms with E-state index >= 15 is 0 Å². The standard InChI is InChI=1S/C15H24N2O2/c18-14(9-13-8-11-3-4-12(13)7-11)16-10-15(19)17-5-1-2-6-17/h11-13H,1-10H2,(H,16,18). The van der Waals surface area contributed by atoms with Crippen molar-refractivity contribution in [3.63, 3.8) is 0 Å². The molecule has 4 nitrogen and oxygen atoms in total. The molecule has 2 amide bonds. The van der Waals surface area contributed by atoms with E-state index in [1.807, 2.05) is 4.90 Å². The van der Waals surface area contributed by atoms with Gasteiger partial charge in [0.15, 0.2) is 0 Å². The van der Waals surface area contributed by atoms with E-state index < -0.39 is 0 Å². The summed E-state index contributed by atoms with van der Waals surface area (Å²) in [5.74, 6) is 2.41. The maximum atomic E-state index is 11.9. The fraction of sp³-hybridized carbons (Fsp3) is 0.867. The number of nitrogens with one attached hydrogen (secondary N) is 1. The van der Waals surface area contributed by atoms with E-state index in [4.69, 9.17) is 0 Å². The molecule has 0 aromatic carbocycles. The Bertz CT molecular complexity index is 363. The van der Waals surface area contributed by atoms with Gasteiger partial charge in [0.05, 0.1) is 6.54 Å². The molecule has 3 atom stereocenters. The Labute approximate surface area is 114 Å². The quantitative estimate of drug-likeness (QED) is 0.837. The predicted molar refractivity (Wildman–Crippen MR) is 72.4 cm³/mol. The summed E-state index contributed by atoms with van der Waals surface area (Å²) in [5, 5.41) is 2.82. The molecular formula is C15H24N2O2. The molecule has 0 radical (unpaired) electrons. The van der Waals surface area contributed by atoms with Crippen LogP contribution in [0, 0.1) is 17.8 Å². The Morgan fingerprint density at radius 3 is 2.53 bits per heavy atom. The first-order chi connectivity index (χ1) is 9.22. The van der Waals surface area contributed by atoms with Crippen molar-refractivity contribution in [3.05, 3.63) is 0 Å². The van der Waals surface area contributed by atoms with Crippen LogP contribution in [0.2, 0.25) is 0 Å². The lowest BCUT2D eigenvalue weighted by atomic mass is 9.86. The molecule has 3 unspecified atom stereocenters. The van der Waals surface area contributed by atoms with Crippen molar-refractivity contribution >= 4 is 11.8 Å². The number of hydrogen-bond acceptors (Lipinski definition) is 2. The zero-order chi connectivity index (χ0) is 13.2. The molecular weight excluding hydrogens is 240 g/mol. The van der Waals surface area contributed by atoms with E-state index in [-0.39, 0.29) is 18.4 Å². The number of carbonyl (C=O) groups is 2. The van der Waals surface area contributed by atoms with Gasteiger partial charge in [0.25, 0.3) is 0 Å². The molecule has 106 valence electrons. The highest BCUT2D eigenvalue weighted by molar-refractivity contribution is 5.84. The van der Waals surface area contributed by atoms with Crippen LogP contribution in [0.25, 0.3) is 0 Å². The van der Waals surface area contributed by atoms with Gasteiger partial charge in [-0.25, -0.2) is 0 Å². The third-order valence-corrected chi connectivity index (χ3v) is 5.23. The number of fused-ring (bicyclic) bond motifs is 2. The second kappa shape index (κ2) is 5.51. The molecule has 4 heteroatoms. The summed E-state index contributed by atoms with van der Waals surface area (Å²) in [6.07, 6.45) is 8.10. The number of likely N-dealkylation sites (tertiary alicyclic amines) is 1. The summed E-state index contributed by atoms with van der Waals surface area (Å²) in [6, 6.07) is 0. The Morgan fingerprint density at radius 2 is 1.89 bits per heavy atom. The summed E-state index contributed by atoms with van der Waals surface area (Å²) in [5.41, 5.74) is 0. The van der Waals surface area contributed by atoms with Gasteiger partial charge in [-0.3, -0.25) is 9.59 Å². The van der Waals surface area contributed by atoms with Crippen molar-refractivity contribution in [1.29, 1.82) is 0 Å². The van der Waals surface area contributed by atoms with E-state index in [9.17, 15) is 9.59 Å². The molecule has 0 spiro atoms. The predicted octanol–water partition coefficient (Wildman–Crippen LogP) is 1.55. The lowest BCUT2D eigenvalue weighted by molar-refractivity contribution is -0.132. The molecule has 3 aliphatic rings. The lowest BCUT2D eigenvalue weighted by Crippen LogP contribution is -2.39. The van der Waals surface area contributed by atoms with Gasteiger partial charge in [-0.1, -0.05) is 6.42 Å². The Morgan fingerprint density at radius 1 is 1.11 bits per heavy atom. The third-order valence-electron chi connectivity index (χ3n) is 5.23. The van der Waals surface area contributed by atoms with E-state index in [1.165, 1.54) is 25.7 Å². The Kier molecular flexibility index (Phi) is 3.76. The highest BCUT2D eigenvalue weighted by Gasteiger charge is 2.40. The Hall–Kier alpha value is -1.06. The summed E-state index contributed by atoms with van der Waals surface area (Å²) in [4.78, 5) is 25.6.